The first-order valence-electron chi connectivity index (χ1n) is 16.6. The zero-order valence-corrected chi connectivity index (χ0v) is 26.7. The van der Waals surface area contributed by atoms with Gasteiger partial charge in [0.15, 0.2) is 17.5 Å². The second-order valence-corrected chi connectivity index (χ2v) is 12.4. The highest BCUT2D eigenvalue weighted by molar-refractivity contribution is 6.14. The summed E-state index contributed by atoms with van der Waals surface area (Å²) in [5.74, 6) is 1.77. The van der Waals surface area contributed by atoms with Crippen LogP contribution in [0.1, 0.15) is 0 Å². The van der Waals surface area contributed by atoms with E-state index < -0.39 is 0 Å². The number of fused-ring (bicyclic) bond motifs is 6. The van der Waals surface area contributed by atoms with E-state index in [1.165, 1.54) is 0 Å². The summed E-state index contributed by atoms with van der Waals surface area (Å²) < 4.78 is 12.8. The molecule has 50 heavy (non-hydrogen) atoms. The SMILES string of the molecule is c1ccc(-c2ccc(-c3nc(-c4ccccc4)nc(-c4cc(-c5ccc6c(c5)oc5ccccc56)c5c(c4)oc4ccccc45)n3)cc2)cc1. The van der Waals surface area contributed by atoms with E-state index in [0.29, 0.717) is 17.5 Å². The Morgan fingerprint density at radius 2 is 0.760 bits per heavy atom. The van der Waals surface area contributed by atoms with Crippen molar-refractivity contribution >= 4 is 43.9 Å². The lowest BCUT2D eigenvalue weighted by Crippen LogP contribution is -2.00. The Morgan fingerprint density at radius 1 is 0.300 bits per heavy atom. The third-order valence-corrected chi connectivity index (χ3v) is 9.34. The Hall–Kier alpha value is -6.85. The van der Waals surface area contributed by atoms with E-state index >= 15 is 0 Å². The standard InChI is InChI=1S/C45H27N3O2/c1-3-11-28(12-4-1)29-19-21-31(22-20-29)44-46-43(30-13-5-2-6-14-30)47-45(48-44)33-25-37(42-36-16-8-10-18-39(36)50-41(42)27-33)32-23-24-35-34-15-7-9-17-38(34)49-40(35)26-32/h1-27H. The van der Waals surface area contributed by atoms with Crippen molar-refractivity contribution in [2.45, 2.75) is 0 Å². The number of aromatic nitrogens is 3. The first-order chi connectivity index (χ1) is 24.7. The molecule has 5 nitrogen and oxygen atoms in total. The molecule has 7 aromatic carbocycles. The summed E-state index contributed by atoms with van der Waals surface area (Å²) >= 11 is 0. The molecule has 0 aliphatic heterocycles. The van der Waals surface area contributed by atoms with Crippen molar-refractivity contribution in [3.05, 3.63) is 164 Å². The normalized spacial score (nSPS) is 11.6. The molecule has 0 bridgehead atoms. The van der Waals surface area contributed by atoms with Crippen molar-refractivity contribution in [1.82, 2.24) is 15.0 Å². The molecule has 0 aliphatic rings. The van der Waals surface area contributed by atoms with Crippen molar-refractivity contribution in [3.63, 3.8) is 0 Å². The van der Waals surface area contributed by atoms with Crippen LogP contribution >= 0.6 is 0 Å². The van der Waals surface area contributed by atoms with Gasteiger partial charge in [-0.15, -0.1) is 0 Å². The third kappa shape index (κ3) is 4.75. The highest BCUT2D eigenvalue weighted by Crippen LogP contribution is 2.41. The number of rotatable bonds is 5. The van der Waals surface area contributed by atoms with E-state index in [1.807, 2.05) is 78.9 Å². The molecule has 3 heterocycles. The van der Waals surface area contributed by atoms with Crippen molar-refractivity contribution in [2.24, 2.45) is 0 Å². The second kappa shape index (κ2) is 11.4. The molecule has 0 saturated carbocycles. The number of hydrogen-bond donors (Lipinski definition) is 0. The van der Waals surface area contributed by atoms with E-state index in [1.54, 1.807) is 0 Å². The van der Waals surface area contributed by atoms with Gasteiger partial charge in [0, 0.05) is 38.2 Å². The van der Waals surface area contributed by atoms with Crippen LogP contribution in [-0.4, -0.2) is 15.0 Å². The molecule has 10 aromatic rings. The number of benzene rings is 7. The summed E-state index contributed by atoms with van der Waals surface area (Å²) in [4.78, 5) is 15.1. The predicted molar refractivity (Wildman–Crippen MR) is 202 cm³/mol. The molecule has 3 aromatic heterocycles. The molecule has 234 valence electrons. The van der Waals surface area contributed by atoms with Crippen LogP contribution in [0.3, 0.4) is 0 Å². The minimum absolute atomic E-state index is 0.564. The Kier molecular flexibility index (Phi) is 6.42. The largest absolute Gasteiger partial charge is 0.456 e. The highest BCUT2D eigenvalue weighted by Gasteiger charge is 2.19. The number of para-hydroxylation sites is 2. The lowest BCUT2D eigenvalue weighted by Gasteiger charge is -2.11. The first-order valence-corrected chi connectivity index (χ1v) is 16.6. The molecule has 0 unspecified atom stereocenters. The van der Waals surface area contributed by atoms with Gasteiger partial charge >= 0.3 is 0 Å². The second-order valence-electron chi connectivity index (χ2n) is 12.4. The maximum atomic E-state index is 6.50. The van der Waals surface area contributed by atoms with Crippen molar-refractivity contribution in [3.8, 4) is 56.4 Å². The maximum absolute atomic E-state index is 6.50. The summed E-state index contributed by atoms with van der Waals surface area (Å²) in [6, 6.07) is 55.7. The lowest BCUT2D eigenvalue weighted by molar-refractivity contribution is 0.668. The number of furan rings is 2. The van der Waals surface area contributed by atoms with E-state index in [9.17, 15) is 0 Å². The van der Waals surface area contributed by atoms with Gasteiger partial charge in [0.2, 0.25) is 0 Å². The third-order valence-electron chi connectivity index (χ3n) is 9.34. The molecular formula is C45H27N3O2. The van der Waals surface area contributed by atoms with Gasteiger partial charge < -0.3 is 8.83 Å². The fraction of sp³-hybridized carbons (Fsp3) is 0. The molecule has 5 heteroatoms. The Balaban J connectivity index is 1.18. The topological polar surface area (TPSA) is 65.0 Å². The van der Waals surface area contributed by atoms with Crippen molar-refractivity contribution < 1.29 is 8.83 Å². The van der Waals surface area contributed by atoms with Gasteiger partial charge in [0.05, 0.1) is 0 Å². The van der Waals surface area contributed by atoms with Crippen molar-refractivity contribution in [2.75, 3.05) is 0 Å². The Bertz CT molecular complexity index is 2850. The molecule has 0 aliphatic carbocycles. The van der Waals surface area contributed by atoms with Gasteiger partial charge in [-0.2, -0.15) is 0 Å². The van der Waals surface area contributed by atoms with Crippen LogP contribution in [0.15, 0.2) is 173 Å². The van der Waals surface area contributed by atoms with Crippen LogP contribution in [0.25, 0.3) is 100 Å². The van der Waals surface area contributed by atoms with Crippen LogP contribution in [0, 0.1) is 0 Å². The summed E-state index contributed by atoms with van der Waals surface area (Å²) in [6.07, 6.45) is 0. The number of hydrogen-bond acceptors (Lipinski definition) is 5. The molecule has 0 atom stereocenters. The summed E-state index contributed by atoms with van der Waals surface area (Å²) in [5.41, 5.74) is 10.3. The summed E-state index contributed by atoms with van der Waals surface area (Å²) in [6.45, 7) is 0. The van der Waals surface area contributed by atoms with Gasteiger partial charge in [-0.1, -0.05) is 127 Å². The molecular weight excluding hydrogens is 615 g/mol. The van der Waals surface area contributed by atoms with Gasteiger partial charge in [-0.25, -0.2) is 15.0 Å². The highest BCUT2D eigenvalue weighted by atomic mass is 16.3. The van der Waals surface area contributed by atoms with Crippen LogP contribution in [0.4, 0.5) is 0 Å². The van der Waals surface area contributed by atoms with E-state index in [4.69, 9.17) is 23.8 Å². The molecule has 10 rings (SSSR count). The van der Waals surface area contributed by atoms with E-state index in [2.05, 4.69) is 84.9 Å². The van der Waals surface area contributed by atoms with Crippen molar-refractivity contribution in [1.29, 1.82) is 0 Å². The minimum atomic E-state index is 0.564. The molecule has 0 amide bonds. The maximum Gasteiger partial charge on any atom is 0.164 e. The van der Waals surface area contributed by atoms with E-state index in [0.717, 1.165) is 82.8 Å². The summed E-state index contributed by atoms with van der Waals surface area (Å²) in [7, 11) is 0. The molecule has 0 N–H and O–H groups in total. The molecule has 0 fully saturated rings. The van der Waals surface area contributed by atoms with Gasteiger partial charge in [0.1, 0.15) is 22.3 Å². The van der Waals surface area contributed by atoms with E-state index in [-0.39, 0.29) is 0 Å². The molecule has 0 spiro atoms. The zero-order valence-electron chi connectivity index (χ0n) is 26.7. The van der Waals surface area contributed by atoms with Gasteiger partial charge in [-0.05, 0) is 58.7 Å². The fourth-order valence-corrected chi connectivity index (χ4v) is 6.90. The quantitative estimate of drug-likeness (QED) is 0.187. The van der Waals surface area contributed by atoms with Crippen LogP contribution < -0.4 is 0 Å². The van der Waals surface area contributed by atoms with Gasteiger partial charge in [0.25, 0.3) is 0 Å². The monoisotopic (exact) mass is 641 g/mol. The smallest absolute Gasteiger partial charge is 0.164 e. The summed E-state index contributed by atoms with van der Waals surface area (Å²) in [5, 5.41) is 4.27. The first kappa shape index (κ1) is 28.2. The average molecular weight is 642 g/mol. The Labute approximate surface area is 287 Å². The molecule has 0 radical (unpaired) electrons. The van der Waals surface area contributed by atoms with Crippen LogP contribution in [-0.2, 0) is 0 Å². The number of nitrogens with zero attached hydrogens (tertiary/aromatic N) is 3. The van der Waals surface area contributed by atoms with Crippen LogP contribution in [0.5, 0.6) is 0 Å². The molecule has 0 saturated heterocycles. The van der Waals surface area contributed by atoms with Crippen LogP contribution in [0.2, 0.25) is 0 Å². The minimum Gasteiger partial charge on any atom is -0.456 e. The lowest BCUT2D eigenvalue weighted by atomic mass is 9.96. The fourth-order valence-electron chi connectivity index (χ4n) is 6.90. The average Bonchev–Trinajstić information content (AvgIpc) is 3.76. The zero-order chi connectivity index (χ0) is 33.0. The van der Waals surface area contributed by atoms with Gasteiger partial charge in [-0.3, -0.25) is 0 Å². The Morgan fingerprint density at radius 3 is 1.48 bits per heavy atom. The predicted octanol–water partition coefficient (Wildman–Crippen LogP) is 12.0.